The highest BCUT2D eigenvalue weighted by Gasteiger charge is 1.95. The number of nitrogens with one attached hydrogen (secondary N) is 1. The molecule has 0 spiro atoms. The second kappa shape index (κ2) is 8.76. The lowest BCUT2D eigenvalue weighted by Crippen LogP contribution is -2.22. The van der Waals surface area contributed by atoms with Crippen LogP contribution in [-0.2, 0) is 4.79 Å². The molecule has 1 heterocycles. The first-order valence-corrected chi connectivity index (χ1v) is 6.11. The van der Waals surface area contributed by atoms with Crippen LogP contribution >= 0.6 is 0 Å². The molecule has 1 amide bonds. The fourth-order valence-electron chi connectivity index (χ4n) is 1.24. The number of hydrogen-bond donors (Lipinski definition) is 1. The Labute approximate surface area is 113 Å². The number of pyridine rings is 1. The molecule has 0 aromatic carbocycles. The van der Waals surface area contributed by atoms with Crippen LogP contribution in [0.5, 0.6) is 5.75 Å². The third-order valence-electron chi connectivity index (χ3n) is 2.27. The van der Waals surface area contributed by atoms with Crippen molar-refractivity contribution in [1.82, 2.24) is 10.3 Å². The number of carbonyl (C=O) groups excluding carboxylic acids is 1. The molecule has 100 valence electrons. The first-order valence-electron chi connectivity index (χ1n) is 6.11. The van der Waals surface area contributed by atoms with Gasteiger partial charge in [-0.25, -0.2) is 0 Å². The van der Waals surface area contributed by atoms with Gasteiger partial charge in [-0.05, 0) is 25.5 Å². The summed E-state index contributed by atoms with van der Waals surface area (Å²) in [6, 6.07) is 3.73. The molecule has 0 aliphatic heterocycles. The SMILES string of the molecule is C=CCCC(=O)NCC#CCOc1ccc(C)nc1. The molecule has 4 nitrogen and oxygen atoms in total. The molecule has 0 unspecified atom stereocenters. The molecule has 1 aromatic heterocycles. The lowest BCUT2D eigenvalue weighted by molar-refractivity contribution is -0.120. The van der Waals surface area contributed by atoms with E-state index >= 15 is 0 Å². The molecular weight excluding hydrogens is 240 g/mol. The summed E-state index contributed by atoms with van der Waals surface area (Å²) in [6.45, 7) is 6.10. The second-order valence-corrected chi connectivity index (χ2v) is 3.88. The van der Waals surface area contributed by atoms with Gasteiger partial charge in [0.15, 0.2) is 0 Å². The fourth-order valence-corrected chi connectivity index (χ4v) is 1.24. The van der Waals surface area contributed by atoms with Crippen molar-refractivity contribution in [3.63, 3.8) is 0 Å². The van der Waals surface area contributed by atoms with E-state index in [9.17, 15) is 4.79 Å². The van der Waals surface area contributed by atoms with Crippen LogP contribution in [-0.4, -0.2) is 24.0 Å². The number of aromatic nitrogens is 1. The zero-order valence-electron chi connectivity index (χ0n) is 11.1. The van der Waals surface area contributed by atoms with Crippen LogP contribution in [0.25, 0.3) is 0 Å². The molecule has 0 atom stereocenters. The Morgan fingerprint density at radius 3 is 3.05 bits per heavy atom. The van der Waals surface area contributed by atoms with Gasteiger partial charge < -0.3 is 10.1 Å². The van der Waals surface area contributed by atoms with Crippen LogP contribution in [0, 0.1) is 18.8 Å². The van der Waals surface area contributed by atoms with Gasteiger partial charge in [0.1, 0.15) is 12.4 Å². The first-order chi connectivity index (χ1) is 9.22. The molecular formula is C15H18N2O2. The monoisotopic (exact) mass is 258 g/mol. The summed E-state index contributed by atoms with van der Waals surface area (Å²) in [5, 5.41) is 2.70. The Balaban J connectivity index is 2.16. The number of allylic oxidation sites excluding steroid dienone is 1. The molecule has 19 heavy (non-hydrogen) atoms. The zero-order valence-corrected chi connectivity index (χ0v) is 11.1. The Bertz CT molecular complexity index is 469. The van der Waals surface area contributed by atoms with Gasteiger partial charge in [-0.2, -0.15) is 0 Å². The number of rotatable bonds is 6. The maximum atomic E-state index is 11.2. The molecule has 1 rings (SSSR count). The summed E-state index contributed by atoms with van der Waals surface area (Å²) in [7, 11) is 0. The number of amides is 1. The van der Waals surface area contributed by atoms with Crippen LogP contribution in [0.15, 0.2) is 31.0 Å². The topological polar surface area (TPSA) is 51.2 Å². The van der Waals surface area contributed by atoms with Crippen molar-refractivity contribution in [2.24, 2.45) is 0 Å². The van der Waals surface area contributed by atoms with Gasteiger partial charge in [0, 0.05) is 12.1 Å². The Morgan fingerprint density at radius 1 is 1.53 bits per heavy atom. The van der Waals surface area contributed by atoms with E-state index in [2.05, 4.69) is 28.7 Å². The summed E-state index contributed by atoms with van der Waals surface area (Å²) < 4.78 is 5.37. The molecule has 4 heteroatoms. The van der Waals surface area contributed by atoms with Crippen molar-refractivity contribution >= 4 is 5.91 Å². The minimum atomic E-state index is -0.0159. The van der Waals surface area contributed by atoms with Gasteiger partial charge in [-0.3, -0.25) is 9.78 Å². The Hall–Kier alpha value is -2.28. The highest BCUT2D eigenvalue weighted by atomic mass is 16.5. The second-order valence-electron chi connectivity index (χ2n) is 3.88. The summed E-state index contributed by atoms with van der Waals surface area (Å²) in [6.07, 6.45) is 4.52. The van der Waals surface area contributed by atoms with Gasteiger partial charge in [0.05, 0.1) is 12.7 Å². The van der Waals surface area contributed by atoms with E-state index in [0.29, 0.717) is 25.1 Å². The van der Waals surface area contributed by atoms with Crippen molar-refractivity contribution in [3.8, 4) is 17.6 Å². The Morgan fingerprint density at radius 2 is 2.37 bits per heavy atom. The van der Waals surface area contributed by atoms with E-state index in [4.69, 9.17) is 4.74 Å². The molecule has 0 saturated heterocycles. The predicted molar refractivity (Wildman–Crippen MR) is 74.7 cm³/mol. The molecule has 0 aliphatic rings. The molecule has 0 bridgehead atoms. The number of hydrogen-bond acceptors (Lipinski definition) is 3. The van der Waals surface area contributed by atoms with Gasteiger partial charge >= 0.3 is 0 Å². The van der Waals surface area contributed by atoms with Crippen LogP contribution in [0.1, 0.15) is 18.5 Å². The highest BCUT2D eigenvalue weighted by Crippen LogP contribution is 2.07. The summed E-state index contributed by atoms with van der Waals surface area (Å²) in [5.41, 5.74) is 0.945. The number of nitrogens with zero attached hydrogens (tertiary/aromatic N) is 1. The molecule has 0 radical (unpaired) electrons. The normalized spacial score (nSPS) is 9.11. The van der Waals surface area contributed by atoms with Crippen LogP contribution in [0.3, 0.4) is 0 Å². The smallest absolute Gasteiger partial charge is 0.221 e. The van der Waals surface area contributed by atoms with Crippen LogP contribution in [0.4, 0.5) is 0 Å². The molecule has 1 aromatic rings. The predicted octanol–water partition coefficient (Wildman–Crippen LogP) is 1.85. The maximum Gasteiger partial charge on any atom is 0.221 e. The lowest BCUT2D eigenvalue weighted by atomic mass is 10.3. The average molecular weight is 258 g/mol. The van der Waals surface area contributed by atoms with Gasteiger partial charge in [-0.15, -0.1) is 6.58 Å². The molecule has 0 aliphatic carbocycles. The van der Waals surface area contributed by atoms with E-state index in [0.717, 1.165) is 5.69 Å². The van der Waals surface area contributed by atoms with Crippen LogP contribution in [0.2, 0.25) is 0 Å². The lowest BCUT2D eigenvalue weighted by Gasteiger charge is -2.01. The number of ether oxygens (including phenoxy) is 1. The molecule has 0 fully saturated rings. The summed E-state index contributed by atoms with van der Waals surface area (Å²) in [4.78, 5) is 15.3. The van der Waals surface area contributed by atoms with E-state index in [-0.39, 0.29) is 12.5 Å². The highest BCUT2D eigenvalue weighted by molar-refractivity contribution is 5.76. The first kappa shape index (κ1) is 14.8. The van der Waals surface area contributed by atoms with Crippen molar-refractivity contribution in [2.75, 3.05) is 13.2 Å². The van der Waals surface area contributed by atoms with Gasteiger partial charge in [-0.1, -0.05) is 17.9 Å². The van der Waals surface area contributed by atoms with E-state index in [1.54, 1.807) is 12.3 Å². The fraction of sp³-hybridized carbons (Fsp3) is 0.333. The van der Waals surface area contributed by atoms with E-state index in [1.807, 2.05) is 19.1 Å². The van der Waals surface area contributed by atoms with E-state index < -0.39 is 0 Å². The quantitative estimate of drug-likeness (QED) is 0.626. The summed E-state index contributed by atoms with van der Waals surface area (Å²) in [5.74, 6) is 6.32. The standard InChI is InChI=1S/C15H18N2O2/c1-3-4-7-15(18)16-10-5-6-11-19-14-9-8-13(2)17-12-14/h3,8-9,12H,1,4,7,10-11H2,2H3,(H,16,18). The molecule has 0 saturated carbocycles. The van der Waals surface area contributed by atoms with Crippen molar-refractivity contribution in [2.45, 2.75) is 19.8 Å². The number of aryl methyl sites for hydroxylation is 1. The van der Waals surface area contributed by atoms with Crippen molar-refractivity contribution in [3.05, 3.63) is 36.7 Å². The minimum Gasteiger partial charge on any atom is -0.479 e. The third-order valence-corrected chi connectivity index (χ3v) is 2.27. The van der Waals surface area contributed by atoms with Crippen molar-refractivity contribution < 1.29 is 9.53 Å². The van der Waals surface area contributed by atoms with Gasteiger partial charge in [0.2, 0.25) is 5.91 Å². The maximum absolute atomic E-state index is 11.2. The largest absolute Gasteiger partial charge is 0.479 e. The summed E-state index contributed by atoms with van der Waals surface area (Å²) >= 11 is 0. The average Bonchev–Trinajstić information content (AvgIpc) is 2.42. The van der Waals surface area contributed by atoms with Crippen LogP contribution < -0.4 is 10.1 Å². The molecule has 1 N–H and O–H groups in total. The Kier molecular flexibility index (Phi) is 6.81. The van der Waals surface area contributed by atoms with E-state index in [1.165, 1.54) is 0 Å². The third kappa shape index (κ3) is 6.89. The minimum absolute atomic E-state index is 0.0159. The van der Waals surface area contributed by atoms with Gasteiger partial charge in [0.25, 0.3) is 0 Å². The van der Waals surface area contributed by atoms with Crippen molar-refractivity contribution in [1.29, 1.82) is 0 Å². The zero-order chi connectivity index (χ0) is 13.9. The number of carbonyl (C=O) groups is 1.